The molecule has 3 nitrogen and oxygen atoms in total. The van der Waals surface area contributed by atoms with Gasteiger partial charge >= 0.3 is 5.97 Å². The van der Waals surface area contributed by atoms with Gasteiger partial charge in [-0.2, -0.15) is 5.26 Å². The first kappa shape index (κ1) is 8.32. The minimum absolute atomic E-state index is 0.178. The molecule has 12 heavy (non-hydrogen) atoms. The lowest BCUT2D eigenvalue weighted by Gasteiger charge is -1.86. The van der Waals surface area contributed by atoms with E-state index in [1.807, 2.05) is 0 Å². The minimum Gasteiger partial charge on any atom is -0.477 e. The molecule has 58 valence electrons. The minimum atomic E-state index is -1.01. The first-order chi connectivity index (χ1) is 5.75. The Labute approximate surface area is 72.9 Å². The maximum absolute atomic E-state index is 10.5. The molecule has 0 aliphatic heterocycles. The number of carboxylic acid groups (broad SMARTS) is 1. The van der Waals surface area contributed by atoms with Crippen LogP contribution in [0, 0.1) is 23.2 Å². The summed E-state index contributed by atoms with van der Waals surface area (Å²) in [5.74, 6) is 3.58. The molecule has 0 aliphatic rings. The number of nitrogens with zero attached hydrogens (tertiary/aromatic N) is 1. The molecular formula is C8H3NO2S. The van der Waals surface area contributed by atoms with Gasteiger partial charge in [0, 0.05) is 5.92 Å². The second-order valence-corrected chi connectivity index (χ2v) is 2.75. The van der Waals surface area contributed by atoms with E-state index in [0.29, 0.717) is 5.56 Å². The first-order valence-corrected chi connectivity index (χ1v) is 3.84. The van der Waals surface area contributed by atoms with E-state index in [1.54, 1.807) is 17.5 Å². The van der Waals surface area contributed by atoms with Gasteiger partial charge in [0.1, 0.15) is 4.88 Å². The van der Waals surface area contributed by atoms with E-state index < -0.39 is 5.97 Å². The summed E-state index contributed by atoms with van der Waals surface area (Å²) >= 11 is 1.10. The average Bonchev–Trinajstić information content (AvgIpc) is 2.48. The molecule has 0 saturated heterocycles. The number of hydrogen-bond donors (Lipinski definition) is 1. The SMILES string of the molecule is N#CC#Cc1ccsc1C(=O)O. The lowest BCUT2D eigenvalue weighted by Crippen LogP contribution is -1.94. The molecular weight excluding hydrogens is 174 g/mol. The summed E-state index contributed by atoms with van der Waals surface area (Å²) < 4.78 is 0. The fourth-order valence-corrected chi connectivity index (χ4v) is 1.36. The van der Waals surface area contributed by atoms with Crippen molar-refractivity contribution in [2.75, 3.05) is 0 Å². The van der Waals surface area contributed by atoms with Gasteiger partial charge in [0.25, 0.3) is 0 Å². The summed E-state index contributed by atoms with van der Waals surface area (Å²) in [5, 5.41) is 18.4. The molecule has 0 radical (unpaired) electrons. The lowest BCUT2D eigenvalue weighted by molar-refractivity contribution is 0.0702. The predicted molar refractivity (Wildman–Crippen MR) is 43.8 cm³/mol. The van der Waals surface area contributed by atoms with Crippen LogP contribution >= 0.6 is 11.3 Å². The van der Waals surface area contributed by atoms with Gasteiger partial charge in [0.05, 0.1) is 5.56 Å². The fourth-order valence-electron chi connectivity index (χ4n) is 0.669. The van der Waals surface area contributed by atoms with Crippen LogP contribution in [-0.4, -0.2) is 11.1 Å². The number of carbonyl (C=O) groups is 1. The van der Waals surface area contributed by atoms with Crippen LogP contribution in [0.15, 0.2) is 11.4 Å². The number of carboxylic acids is 1. The average molecular weight is 177 g/mol. The Morgan fingerprint density at radius 2 is 2.42 bits per heavy atom. The van der Waals surface area contributed by atoms with Crippen molar-refractivity contribution in [3.05, 3.63) is 21.9 Å². The van der Waals surface area contributed by atoms with E-state index in [2.05, 4.69) is 11.8 Å². The number of nitriles is 1. The summed E-state index contributed by atoms with van der Waals surface area (Å²) in [6, 6.07) is 3.20. The molecule has 1 aromatic rings. The molecule has 0 amide bonds. The van der Waals surface area contributed by atoms with Crippen molar-refractivity contribution in [2.24, 2.45) is 0 Å². The zero-order valence-electron chi connectivity index (χ0n) is 5.87. The molecule has 1 aromatic heterocycles. The Bertz CT molecular complexity index is 403. The predicted octanol–water partition coefficient (Wildman–Crippen LogP) is 1.32. The molecule has 0 fully saturated rings. The van der Waals surface area contributed by atoms with Crippen LogP contribution < -0.4 is 0 Å². The molecule has 1 heterocycles. The van der Waals surface area contributed by atoms with Gasteiger partial charge in [-0.15, -0.1) is 11.3 Å². The second-order valence-electron chi connectivity index (χ2n) is 1.83. The number of hydrogen-bond acceptors (Lipinski definition) is 3. The Balaban J connectivity index is 3.10. The largest absolute Gasteiger partial charge is 0.477 e. The Morgan fingerprint density at radius 1 is 1.67 bits per heavy atom. The highest BCUT2D eigenvalue weighted by Crippen LogP contribution is 2.14. The highest BCUT2D eigenvalue weighted by atomic mass is 32.1. The lowest BCUT2D eigenvalue weighted by atomic mass is 10.2. The highest BCUT2D eigenvalue weighted by molar-refractivity contribution is 7.12. The van der Waals surface area contributed by atoms with E-state index in [-0.39, 0.29) is 4.88 Å². The molecule has 0 spiro atoms. The summed E-state index contributed by atoms with van der Waals surface area (Å²) in [5.41, 5.74) is 0.397. The van der Waals surface area contributed by atoms with Crippen molar-refractivity contribution >= 4 is 17.3 Å². The fraction of sp³-hybridized carbons (Fsp3) is 0. The van der Waals surface area contributed by atoms with Crippen LogP contribution in [0.5, 0.6) is 0 Å². The topological polar surface area (TPSA) is 61.1 Å². The van der Waals surface area contributed by atoms with Crippen LogP contribution in [0.3, 0.4) is 0 Å². The Morgan fingerprint density at radius 3 is 3.00 bits per heavy atom. The third-order valence-corrected chi connectivity index (χ3v) is 2.01. The zero-order chi connectivity index (χ0) is 8.97. The Kier molecular flexibility index (Phi) is 2.47. The maximum atomic E-state index is 10.5. The van der Waals surface area contributed by atoms with Crippen molar-refractivity contribution in [1.82, 2.24) is 0 Å². The normalized spacial score (nSPS) is 7.92. The van der Waals surface area contributed by atoms with Gasteiger partial charge < -0.3 is 5.11 Å². The molecule has 0 atom stereocenters. The van der Waals surface area contributed by atoms with Crippen LogP contribution in [0.2, 0.25) is 0 Å². The van der Waals surface area contributed by atoms with Crippen LogP contribution in [0.4, 0.5) is 0 Å². The van der Waals surface area contributed by atoms with Crippen molar-refractivity contribution in [3.8, 4) is 17.9 Å². The van der Waals surface area contributed by atoms with Crippen LogP contribution in [0.1, 0.15) is 15.2 Å². The standard InChI is InChI=1S/C8H3NO2S/c9-4-1-2-6-3-5-12-7(6)8(10)11/h3,5H,(H,10,11). The van der Waals surface area contributed by atoms with Crippen molar-refractivity contribution in [2.45, 2.75) is 0 Å². The molecule has 4 heteroatoms. The van der Waals surface area contributed by atoms with E-state index >= 15 is 0 Å². The summed E-state index contributed by atoms with van der Waals surface area (Å²) in [6.07, 6.45) is 0. The second kappa shape index (κ2) is 3.56. The van der Waals surface area contributed by atoms with Crippen molar-refractivity contribution in [3.63, 3.8) is 0 Å². The van der Waals surface area contributed by atoms with Gasteiger partial charge in [-0.25, -0.2) is 4.79 Å². The van der Waals surface area contributed by atoms with E-state index in [9.17, 15) is 4.79 Å². The highest BCUT2D eigenvalue weighted by Gasteiger charge is 2.08. The van der Waals surface area contributed by atoms with Crippen LogP contribution in [0.25, 0.3) is 0 Å². The van der Waals surface area contributed by atoms with Gasteiger partial charge in [0.2, 0.25) is 0 Å². The van der Waals surface area contributed by atoms with Crippen LogP contribution in [-0.2, 0) is 0 Å². The van der Waals surface area contributed by atoms with Crippen molar-refractivity contribution in [1.29, 1.82) is 5.26 Å². The molecule has 0 aliphatic carbocycles. The molecule has 1 rings (SSSR count). The van der Waals surface area contributed by atoms with Gasteiger partial charge in [0.15, 0.2) is 6.07 Å². The zero-order valence-corrected chi connectivity index (χ0v) is 6.68. The van der Waals surface area contributed by atoms with Crippen molar-refractivity contribution < 1.29 is 9.90 Å². The number of thiophene rings is 1. The monoisotopic (exact) mass is 177 g/mol. The van der Waals surface area contributed by atoms with Gasteiger partial charge in [-0.1, -0.05) is 0 Å². The van der Waals surface area contributed by atoms with Gasteiger partial charge in [-0.3, -0.25) is 0 Å². The third kappa shape index (κ3) is 1.63. The number of rotatable bonds is 1. The third-order valence-electron chi connectivity index (χ3n) is 1.11. The van der Waals surface area contributed by atoms with Gasteiger partial charge in [-0.05, 0) is 17.4 Å². The van der Waals surface area contributed by atoms with E-state index in [0.717, 1.165) is 11.3 Å². The first-order valence-electron chi connectivity index (χ1n) is 2.96. The summed E-state index contributed by atoms with van der Waals surface area (Å²) in [7, 11) is 0. The Hall–Kier alpha value is -1.78. The molecule has 0 unspecified atom stereocenters. The summed E-state index contributed by atoms with van der Waals surface area (Å²) in [4.78, 5) is 10.7. The quantitative estimate of drug-likeness (QED) is 0.658. The van der Waals surface area contributed by atoms with E-state index in [1.165, 1.54) is 0 Å². The number of aromatic carboxylic acids is 1. The molecule has 0 bridgehead atoms. The van der Waals surface area contributed by atoms with E-state index in [4.69, 9.17) is 10.4 Å². The molecule has 0 saturated carbocycles. The molecule has 0 aromatic carbocycles. The smallest absolute Gasteiger partial charge is 0.347 e. The maximum Gasteiger partial charge on any atom is 0.347 e. The molecule has 1 N–H and O–H groups in total. The summed E-state index contributed by atoms with van der Waals surface area (Å²) in [6.45, 7) is 0.